The smallest absolute Gasteiger partial charge is 0.143 e. The third-order valence-electron chi connectivity index (χ3n) is 4.87. The van der Waals surface area contributed by atoms with Crippen LogP contribution < -0.4 is 0 Å². The molecule has 3 aromatic carbocycles. The Morgan fingerprint density at radius 2 is 1.46 bits per heavy atom. The number of fused-ring (bicyclic) bond motifs is 4. The first-order chi connectivity index (χ1) is 12.8. The van der Waals surface area contributed by atoms with Crippen LogP contribution in [0.2, 0.25) is 0 Å². The molecule has 0 amide bonds. The lowest BCUT2D eigenvalue weighted by Gasteiger charge is -2.04. The van der Waals surface area contributed by atoms with Gasteiger partial charge in [-0.2, -0.15) is 0 Å². The molecule has 0 radical (unpaired) electrons. The van der Waals surface area contributed by atoms with E-state index in [2.05, 4.69) is 73.8 Å². The van der Waals surface area contributed by atoms with Gasteiger partial charge in [-0.05, 0) is 12.1 Å². The van der Waals surface area contributed by atoms with Crippen molar-refractivity contribution in [3.63, 3.8) is 0 Å². The predicted molar refractivity (Wildman–Crippen MR) is 115 cm³/mol. The summed E-state index contributed by atoms with van der Waals surface area (Å²) in [5, 5.41) is 3.67. The number of furan rings is 1. The van der Waals surface area contributed by atoms with Gasteiger partial charge in [0.15, 0.2) is 0 Å². The molecule has 5 rings (SSSR count). The highest BCUT2D eigenvalue weighted by molar-refractivity contribution is 7.26. The molecule has 0 saturated heterocycles. The van der Waals surface area contributed by atoms with Gasteiger partial charge in [0.25, 0.3) is 0 Å². The zero-order valence-corrected chi connectivity index (χ0v) is 15.0. The first-order valence-electron chi connectivity index (χ1n) is 8.53. The van der Waals surface area contributed by atoms with E-state index in [9.17, 15) is 0 Å². The first-order valence-corrected chi connectivity index (χ1v) is 9.34. The average molecular weight is 352 g/mol. The van der Waals surface area contributed by atoms with E-state index in [0.717, 1.165) is 27.9 Å². The van der Waals surface area contributed by atoms with E-state index in [0.29, 0.717) is 0 Å². The first kappa shape index (κ1) is 15.2. The van der Waals surface area contributed by atoms with Gasteiger partial charge in [0.05, 0.1) is 0 Å². The molecule has 124 valence electrons. The summed E-state index contributed by atoms with van der Waals surface area (Å²) in [7, 11) is 0. The van der Waals surface area contributed by atoms with Gasteiger partial charge in [-0.15, -0.1) is 11.3 Å². The standard InChI is InChI=1S/C24H16OS/c1-3-15-17-10-7-11-18(23(17)25-21(15)4-2)20-13-8-12-19-16-9-5-6-14-22(16)26-24(19)20/h3-14H,1-2H2. The van der Waals surface area contributed by atoms with Crippen LogP contribution in [0.25, 0.3) is 54.4 Å². The molecule has 0 saturated carbocycles. The lowest BCUT2D eigenvalue weighted by atomic mass is 10.00. The normalized spacial score (nSPS) is 11.4. The summed E-state index contributed by atoms with van der Waals surface area (Å²) >= 11 is 1.83. The molecule has 0 aliphatic carbocycles. The highest BCUT2D eigenvalue weighted by atomic mass is 32.1. The maximum Gasteiger partial charge on any atom is 0.143 e. The van der Waals surface area contributed by atoms with Crippen molar-refractivity contribution < 1.29 is 4.42 Å². The monoisotopic (exact) mass is 352 g/mol. The van der Waals surface area contributed by atoms with Crippen molar-refractivity contribution in [1.82, 2.24) is 0 Å². The largest absolute Gasteiger partial charge is 0.455 e. The minimum absolute atomic E-state index is 0.769. The second-order valence-electron chi connectivity index (χ2n) is 6.25. The minimum Gasteiger partial charge on any atom is -0.455 e. The summed E-state index contributed by atoms with van der Waals surface area (Å²) < 4.78 is 8.76. The molecule has 0 fully saturated rings. The van der Waals surface area contributed by atoms with Crippen molar-refractivity contribution in [1.29, 1.82) is 0 Å². The fraction of sp³-hybridized carbons (Fsp3) is 0. The van der Waals surface area contributed by atoms with Crippen LogP contribution in [0.4, 0.5) is 0 Å². The van der Waals surface area contributed by atoms with Crippen LogP contribution in [0.5, 0.6) is 0 Å². The molecule has 26 heavy (non-hydrogen) atoms. The third kappa shape index (κ3) is 2.03. The zero-order valence-electron chi connectivity index (χ0n) is 14.2. The average Bonchev–Trinajstić information content (AvgIpc) is 3.25. The third-order valence-corrected chi connectivity index (χ3v) is 6.09. The fourth-order valence-corrected chi connectivity index (χ4v) is 4.92. The molecule has 1 nitrogen and oxygen atoms in total. The minimum atomic E-state index is 0.769. The van der Waals surface area contributed by atoms with Crippen LogP contribution in [-0.2, 0) is 0 Å². The number of hydrogen-bond donors (Lipinski definition) is 0. The van der Waals surface area contributed by atoms with Gasteiger partial charge in [-0.25, -0.2) is 0 Å². The molecular weight excluding hydrogens is 336 g/mol. The van der Waals surface area contributed by atoms with Crippen molar-refractivity contribution in [3.05, 3.63) is 85.1 Å². The number of rotatable bonds is 3. The Kier molecular flexibility index (Phi) is 3.34. The summed E-state index contributed by atoms with van der Waals surface area (Å²) in [6.07, 6.45) is 3.59. The Hall–Kier alpha value is -3.10. The van der Waals surface area contributed by atoms with E-state index < -0.39 is 0 Å². The molecule has 0 spiro atoms. The lowest BCUT2D eigenvalue weighted by Crippen LogP contribution is -1.80. The van der Waals surface area contributed by atoms with Crippen LogP contribution in [0.15, 0.2) is 78.2 Å². The Balaban J connectivity index is 1.90. The molecule has 0 N–H and O–H groups in total. The summed E-state index contributed by atoms with van der Waals surface area (Å²) in [5.74, 6) is 0.769. The molecular formula is C24H16OS. The van der Waals surface area contributed by atoms with Gasteiger partial charge in [0.1, 0.15) is 11.3 Å². The van der Waals surface area contributed by atoms with E-state index in [1.54, 1.807) is 6.08 Å². The molecule has 0 bridgehead atoms. The fourth-order valence-electron chi connectivity index (χ4n) is 3.69. The quantitative estimate of drug-likeness (QED) is 0.323. The molecule has 0 unspecified atom stereocenters. The van der Waals surface area contributed by atoms with Crippen LogP contribution in [0, 0.1) is 0 Å². The summed E-state index contributed by atoms with van der Waals surface area (Å²) in [4.78, 5) is 0. The van der Waals surface area contributed by atoms with Gasteiger partial charge < -0.3 is 4.42 Å². The highest BCUT2D eigenvalue weighted by Crippen LogP contribution is 2.42. The second kappa shape index (κ2) is 5.72. The van der Waals surface area contributed by atoms with E-state index in [-0.39, 0.29) is 0 Å². The van der Waals surface area contributed by atoms with Crippen molar-refractivity contribution in [2.24, 2.45) is 0 Å². The van der Waals surface area contributed by atoms with E-state index in [4.69, 9.17) is 4.42 Å². The van der Waals surface area contributed by atoms with Crippen molar-refractivity contribution in [2.75, 3.05) is 0 Å². The lowest BCUT2D eigenvalue weighted by molar-refractivity contribution is 0.604. The summed E-state index contributed by atoms with van der Waals surface area (Å²) in [6, 6.07) is 21.4. The number of benzene rings is 3. The zero-order chi connectivity index (χ0) is 17.7. The molecule has 2 heteroatoms. The Bertz CT molecular complexity index is 1320. The number of para-hydroxylation sites is 1. The van der Waals surface area contributed by atoms with E-state index in [1.807, 2.05) is 17.4 Å². The van der Waals surface area contributed by atoms with E-state index >= 15 is 0 Å². The molecule has 0 aliphatic rings. The maximum absolute atomic E-state index is 6.16. The Morgan fingerprint density at radius 3 is 2.27 bits per heavy atom. The number of thiophene rings is 1. The van der Waals surface area contributed by atoms with E-state index in [1.165, 1.54) is 25.7 Å². The summed E-state index contributed by atoms with van der Waals surface area (Å²) in [5.41, 5.74) is 4.20. The summed E-state index contributed by atoms with van der Waals surface area (Å²) in [6.45, 7) is 7.81. The van der Waals surface area contributed by atoms with Gasteiger partial charge in [0.2, 0.25) is 0 Å². The molecule has 0 aliphatic heterocycles. The van der Waals surface area contributed by atoms with Gasteiger partial charge >= 0.3 is 0 Å². The maximum atomic E-state index is 6.16. The topological polar surface area (TPSA) is 13.1 Å². The Labute approximate surface area is 155 Å². The van der Waals surface area contributed by atoms with Gasteiger partial charge in [-0.1, -0.05) is 73.8 Å². The molecule has 2 aromatic heterocycles. The van der Waals surface area contributed by atoms with Crippen molar-refractivity contribution in [3.8, 4) is 11.1 Å². The second-order valence-corrected chi connectivity index (χ2v) is 7.30. The van der Waals surface area contributed by atoms with Crippen LogP contribution in [0.1, 0.15) is 11.3 Å². The molecule has 2 heterocycles. The highest BCUT2D eigenvalue weighted by Gasteiger charge is 2.16. The Morgan fingerprint density at radius 1 is 0.731 bits per heavy atom. The van der Waals surface area contributed by atoms with Crippen LogP contribution >= 0.6 is 11.3 Å². The van der Waals surface area contributed by atoms with Crippen molar-refractivity contribution >= 4 is 54.6 Å². The molecule has 5 aromatic rings. The van der Waals surface area contributed by atoms with Gasteiger partial charge in [0, 0.05) is 42.2 Å². The SMILES string of the molecule is C=Cc1oc2c(-c3cccc4c3sc3ccccc34)cccc2c1C=C. The number of hydrogen-bond acceptors (Lipinski definition) is 2. The van der Waals surface area contributed by atoms with Crippen LogP contribution in [-0.4, -0.2) is 0 Å². The van der Waals surface area contributed by atoms with Gasteiger partial charge in [-0.3, -0.25) is 0 Å². The van der Waals surface area contributed by atoms with Crippen LogP contribution in [0.3, 0.4) is 0 Å². The molecule has 0 atom stereocenters. The van der Waals surface area contributed by atoms with Crippen molar-refractivity contribution in [2.45, 2.75) is 0 Å². The predicted octanol–water partition coefficient (Wildman–Crippen LogP) is 7.75.